The van der Waals surface area contributed by atoms with Gasteiger partial charge in [-0.05, 0) is 31.0 Å². The van der Waals surface area contributed by atoms with Gasteiger partial charge in [-0.15, -0.1) is 0 Å². The Balaban J connectivity index is 1.81. The first-order chi connectivity index (χ1) is 12.9. The van der Waals surface area contributed by atoms with Crippen LogP contribution in [0.5, 0.6) is 0 Å². The molecule has 4 rings (SSSR count). The molecule has 3 heterocycles. The number of carbonyl (C=O) groups excluding carboxylic acids is 4. The van der Waals surface area contributed by atoms with Crippen LogP contribution in [-0.4, -0.2) is 62.1 Å². The second kappa shape index (κ2) is 7.65. The van der Waals surface area contributed by atoms with Crippen molar-refractivity contribution in [2.75, 3.05) is 32.6 Å². The fourth-order valence-electron chi connectivity index (χ4n) is 3.38. The van der Waals surface area contributed by atoms with Crippen molar-refractivity contribution in [3.8, 4) is 0 Å². The summed E-state index contributed by atoms with van der Waals surface area (Å²) in [4.78, 5) is 49.9. The molecule has 27 heavy (non-hydrogen) atoms. The summed E-state index contributed by atoms with van der Waals surface area (Å²) in [5.41, 5.74) is 0.492. The number of carbonyl (C=O) groups is 4. The van der Waals surface area contributed by atoms with Crippen molar-refractivity contribution in [2.24, 2.45) is 5.92 Å². The van der Waals surface area contributed by atoms with Gasteiger partial charge in [-0.1, -0.05) is 0 Å². The number of urea groups is 1. The lowest BCUT2D eigenvalue weighted by Crippen LogP contribution is -2.44. The average Bonchev–Trinajstić information content (AvgIpc) is 2.97. The molecule has 2 bridgehead atoms. The fraction of sp³-hybridized carbons (Fsp3) is 0.444. The normalized spacial score (nSPS) is 21.1. The van der Waals surface area contributed by atoms with E-state index in [0.717, 1.165) is 12.8 Å². The van der Waals surface area contributed by atoms with Crippen molar-refractivity contribution in [3.63, 3.8) is 0 Å². The molecule has 3 aliphatic rings. The van der Waals surface area contributed by atoms with Crippen molar-refractivity contribution in [3.05, 3.63) is 29.3 Å². The van der Waals surface area contributed by atoms with Gasteiger partial charge in [-0.3, -0.25) is 4.79 Å². The maximum atomic E-state index is 12.7. The molecular weight excluding hydrogens is 354 g/mol. The number of methoxy groups -OCH3 is 2. The van der Waals surface area contributed by atoms with E-state index in [1.807, 2.05) is 0 Å². The first-order valence-corrected chi connectivity index (χ1v) is 8.59. The highest BCUT2D eigenvalue weighted by Crippen LogP contribution is 2.24. The Morgan fingerprint density at radius 3 is 2.22 bits per heavy atom. The molecule has 144 valence electrons. The summed E-state index contributed by atoms with van der Waals surface area (Å²) < 4.78 is 9.37. The molecule has 9 nitrogen and oxygen atoms in total. The molecule has 1 aromatic rings. The Bertz CT molecular complexity index is 759. The van der Waals surface area contributed by atoms with E-state index in [2.05, 4.69) is 20.1 Å². The molecule has 0 aliphatic carbocycles. The van der Waals surface area contributed by atoms with Gasteiger partial charge in [0, 0.05) is 24.8 Å². The lowest BCUT2D eigenvalue weighted by molar-refractivity contribution is -0.126. The van der Waals surface area contributed by atoms with E-state index in [1.165, 1.54) is 32.4 Å². The number of piperidine rings is 1. The average molecular weight is 375 g/mol. The predicted octanol–water partition coefficient (Wildman–Crippen LogP) is 1.00. The fourth-order valence-corrected chi connectivity index (χ4v) is 3.38. The van der Waals surface area contributed by atoms with Gasteiger partial charge in [0.15, 0.2) is 0 Å². The van der Waals surface area contributed by atoms with E-state index in [4.69, 9.17) is 0 Å². The molecular formula is C18H21N3O6. The van der Waals surface area contributed by atoms with Crippen molar-refractivity contribution >= 4 is 29.6 Å². The third kappa shape index (κ3) is 4.02. The summed E-state index contributed by atoms with van der Waals surface area (Å²) >= 11 is 0. The highest BCUT2D eigenvalue weighted by Gasteiger charge is 2.36. The van der Waals surface area contributed by atoms with Crippen LogP contribution in [0.4, 0.5) is 10.5 Å². The molecule has 3 fully saturated rings. The van der Waals surface area contributed by atoms with Crippen molar-refractivity contribution in [1.82, 2.24) is 10.2 Å². The minimum absolute atomic E-state index is 0.0257. The molecule has 0 aromatic heterocycles. The van der Waals surface area contributed by atoms with Crippen molar-refractivity contribution in [2.45, 2.75) is 18.9 Å². The minimum atomic E-state index is -0.640. The Kier molecular flexibility index (Phi) is 5.29. The summed E-state index contributed by atoms with van der Waals surface area (Å²) in [5.74, 6) is -1.53. The molecule has 3 saturated heterocycles. The number of nitrogens with one attached hydrogen (secondary N) is 2. The van der Waals surface area contributed by atoms with Crippen molar-refractivity contribution in [1.29, 1.82) is 0 Å². The monoisotopic (exact) mass is 375 g/mol. The molecule has 3 amide bonds. The summed E-state index contributed by atoms with van der Waals surface area (Å²) in [6.45, 7) is 0.739. The van der Waals surface area contributed by atoms with Crippen LogP contribution in [0.25, 0.3) is 0 Å². The first kappa shape index (κ1) is 18.7. The Morgan fingerprint density at radius 2 is 1.67 bits per heavy atom. The third-order valence-corrected chi connectivity index (χ3v) is 4.78. The maximum absolute atomic E-state index is 12.7. The van der Waals surface area contributed by atoms with Crippen LogP contribution >= 0.6 is 0 Å². The van der Waals surface area contributed by atoms with E-state index in [-0.39, 0.29) is 34.7 Å². The number of anilines is 1. The number of amides is 3. The number of benzene rings is 1. The number of rotatable bonds is 3. The summed E-state index contributed by atoms with van der Waals surface area (Å²) in [7, 11) is 2.45. The number of fused-ring (bicyclic) bond motifs is 4. The number of esters is 2. The predicted molar refractivity (Wildman–Crippen MR) is 94.4 cm³/mol. The summed E-state index contributed by atoms with van der Waals surface area (Å²) in [5, 5.41) is 5.60. The molecule has 9 heteroatoms. The largest absolute Gasteiger partial charge is 0.465 e. The van der Waals surface area contributed by atoms with Gasteiger partial charge in [0.2, 0.25) is 5.91 Å². The van der Waals surface area contributed by atoms with Crippen LogP contribution in [0.3, 0.4) is 0 Å². The number of nitrogens with zero attached hydrogens (tertiary/aromatic N) is 1. The van der Waals surface area contributed by atoms with Gasteiger partial charge in [0.25, 0.3) is 0 Å². The van der Waals surface area contributed by atoms with Gasteiger partial charge in [0.1, 0.15) is 0 Å². The SMILES string of the molecule is COC(=O)c1cc(NC(=O)N2C[C@@H]3CC[C@H](C2)C(=O)N3)cc(C(=O)OC)c1. The number of hydrogen-bond donors (Lipinski definition) is 2. The standard InChI is InChI=1S/C18H21N3O6/c1-26-16(23)11-5-12(17(24)27-2)7-14(6-11)20-18(25)21-8-10-3-4-13(9-21)19-15(10)22/h5-7,10,13H,3-4,8-9H2,1-2H3,(H,19,22)(H,20,25)/t10-,13+/m1/s1. The van der Waals surface area contributed by atoms with Gasteiger partial charge < -0.3 is 25.0 Å². The molecule has 2 N–H and O–H groups in total. The van der Waals surface area contributed by atoms with Crippen LogP contribution in [0.1, 0.15) is 33.6 Å². The highest BCUT2D eigenvalue weighted by molar-refractivity contribution is 5.99. The van der Waals surface area contributed by atoms with Crippen LogP contribution < -0.4 is 10.6 Å². The van der Waals surface area contributed by atoms with Crippen LogP contribution in [0, 0.1) is 5.92 Å². The van der Waals surface area contributed by atoms with Gasteiger partial charge in [-0.2, -0.15) is 0 Å². The van der Waals surface area contributed by atoms with Gasteiger partial charge >= 0.3 is 18.0 Å². The topological polar surface area (TPSA) is 114 Å². The Morgan fingerprint density at radius 1 is 1.04 bits per heavy atom. The van der Waals surface area contributed by atoms with Gasteiger partial charge in [-0.25, -0.2) is 14.4 Å². The summed E-state index contributed by atoms with van der Waals surface area (Å²) in [6, 6.07) is 3.72. The maximum Gasteiger partial charge on any atom is 0.337 e. The Hall–Kier alpha value is -3.10. The van der Waals surface area contributed by atoms with Crippen LogP contribution in [0.2, 0.25) is 0 Å². The zero-order valence-electron chi connectivity index (χ0n) is 15.1. The zero-order chi connectivity index (χ0) is 19.6. The summed E-state index contributed by atoms with van der Waals surface area (Å²) in [6.07, 6.45) is 1.59. The smallest absolute Gasteiger partial charge is 0.337 e. The van der Waals surface area contributed by atoms with Gasteiger partial charge in [0.05, 0.1) is 31.3 Å². The molecule has 0 saturated carbocycles. The first-order valence-electron chi connectivity index (χ1n) is 8.59. The molecule has 0 unspecified atom stereocenters. The van der Waals surface area contributed by atoms with Crippen molar-refractivity contribution < 1.29 is 28.7 Å². The third-order valence-electron chi connectivity index (χ3n) is 4.78. The number of ether oxygens (including phenoxy) is 2. The van der Waals surface area contributed by atoms with E-state index < -0.39 is 18.0 Å². The molecule has 2 atom stereocenters. The molecule has 1 aromatic carbocycles. The molecule has 3 aliphatic heterocycles. The number of hydrogen-bond acceptors (Lipinski definition) is 6. The molecule has 0 spiro atoms. The minimum Gasteiger partial charge on any atom is -0.465 e. The second-order valence-electron chi connectivity index (χ2n) is 6.60. The van der Waals surface area contributed by atoms with E-state index in [1.54, 1.807) is 4.90 Å². The lowest BCUT2D eigenvalue weighted by atomic mass is 9.96. The molecule has 0 radical (unpaired) electrons. The van der Waals surface area contributed by atoms with Crippen LogP contribution in [-0.2, 0) is 14.3 Å². The quantitative estimate of drug-likeness (QED) is 0.762. The second-order valence-corrected chi connectivity index (χ2v) is 6.60. The van der Waals surface area contributed by atoms with E-state index in [0.29, 0.717) is 13.1 Å². The van der Waals surface area contributed by atoms with E-state index >= 15 is 0 Å². The lowest BCUT2D eigenvalue weighted by Gasteiger charge is -2.23. The van der Waals surface area contributed by atoms with E-state index in [9.17, 15) is 19.2 Å². The zero-order valence-corrected chi connectivity index (χ0v) is 15.1. The highest BCUT2D eigenvalue weighted by atomic mass is 16.5. The van der Waals surface area contributed by atoms with Crippen LogP contribution in [0.15, 0.2) is 18.2 Å². The Labute approximate surface area is 156 Å².